The van der Waals surface area contributed by atoms with Crippen LogP contribution in [0.25, 0.3) is 0 Å². The van der Waals surface area contributed by atoms with Crippen LogP contribution in [0, 0.1) is 6.92 Å². The van der Waals surface area contributed by atoms with Gasteiger partial charge >= 0.3 is 0 Å². The second-order valence-corrected chi connectivity index (χ2v) is 3.67. The maximum atomic E-state index is 11.0. The Kier molecular flexibility index (Phi) is 2.15. The quantitative estimate of drug-likeness (QED) is 0.709. The average Bonchev–Trinajstić information content (AvgIpc) is 2.57. The van der Waals surface area contributed by atoms with Crippen LogP contribution in [-0.4, -0.2) is 11.0 Å². The van der Waals surface area contributed by atoms with E-state index in [1.165, 1.54) is 0 Å². The molecular formula is C11H13NO2. The molecule has 0 spiro atoms. The second kappa shape index (κ2) is 3.33. The lowest BCUT2D eigenvalue weighted by Gasteiger charge is -2.13. The largest absolute Gasteiger partial charge is 0.507 e. The topological polar surface area (TPSA) is 49.3 Å². The molecule has 0 saturated carbocycles. The average molecular weight is 191 g/mol. The molecule has 0 unspecified atom stereocenters. The lowest BCUT2D eigenvalue weighted by molar-refractivity contribution is -0.119. The number of benzene rings is 1. The van der Waals surface area contributed by atoms with Crippen LogP contribution in [0.2, 0.25) is 0 Å². The molecule has 1 fully saturated rings. The number of hydrogen-bond acceptors (Lipinski definition) is 2. The lowest BCUT2D eigenvalue weighted by atomic mass is 10.0. The highest BCUT2D eigenvalue weighted by Gasteiger charge is 2.24. The van der Waals surface area contributed by atoms with Crippen molar-refractivity contribution in [3.63, 3.8) is 0 Å². The molecule has 1 aromatic rings. The van der Waals surface area contributed by atoms with Crippen molar-refractivity contribution in [3.8, 4) is 5.75 Å². The van der Waals surface area contributed by atoms with E-state index < -0.39 is 0 Å². The Morgan fingerprint density at radius 1 is 1.50 bits per heavy atom. The summed E-state index contributed by atoms with van der Waals surface area (Å²) in [6, 6.07) is 5.60. The summed E-state index contributed by atoms with van der Waals surface area (Å²) in [6.07, 6.45) is 1.33. The van der Waals surface area contributed by atoms with Gasteiger partial charge in [-0.25, -0.2) is 0 Å². The number of amides is 1. The Hall–Kier alpha value is -1.51. The first-order chi connectivity index (χ1) is 6.68. The Bertz CT molecular complexity index is 374. The van der Waals surface area contributed by atoms with E-state index in [1.807, 2.05) is 25.1 Å². The van der Waals surface area contributed by atoms with Crippen LogP contribution in [0.1, 0.15) is 30.0 Å². The maximum absolute atomic E-state index is 11.0. The van der Waals surface area contributed by atoms with Crippen molar-refractivity contribution in [1.82, 2.24) is 5.32 Å². The molecule has 3 nitrogen and oxygen atoms in total. The zero-order valence-electron chi connectivity index (χ0n) is 8.08. The van der Waals surface area contributed by atoms with Gasteiger partial charge in [0.05, 0.1) is 6.04 Å². The Labute approximate surface area is 82.8 Å². The lowest BCUT2D eigenvalue weighted by Crippen LogP contribution is -2.18. The van der Waals surface area contributed by atoms with Gasteiger partial charge in [0, 0.05) is 12.0 Å². The van der Waals surface area contributed by atoms with E-state index in [-0.39, 0.29) is 11.9 Å². The van der Waals surface area contributed by atoms with E-state index in [0.29, 0.717) is 12.2 Å². The van der Waals surface area contributed by atoms with E-state index >= 15 is 0 Å². The number of carbonyl (C=O) groups is 1. The zero-order valence-corrected chi connectivity index (χ0v) is 8.08. The fourth-order valence-corrected chi connectivity index (χ4v) is 1.81. The van der Waals surface area contributed by atoms with Gasteiger partial charge in [-0.2, -0.15) is 0 Å². The van der Waals surface area contributed by atoms with Gasteiger partial charge in [0.15, 0.2) is 0 Å². The van der Waals surface area contributed by atoms with Crippen LogP contribution in [0.4, 0.5) is 0 Å². The molecule has 3 heteroatoms. The molecule has 0 aliphatic carbocycles. The van der Waals surface area contributed by atoms with Crippen LogP contribution in [-0.2, 0) is 4.79 Å². The summed E-state index contributed by atoms with van der Waals surface area (Å²) >= 11 is 0. The summed E-state index contributed by atoms with van der Waals surface area (Å²) in [6.45, 7) is 1.86. The zero-order chi connectivity index (χ0) is 10.1. The van der Waals surface area contributed by atoms with Crippen molar-refractivity contribution in [2.45, 2.75) is 25.8 Å². The van der Waals surface area contributed by atoms with Crippen LogP contribution in [0.5, 0.6) is 5.75 Å². The molecule has 1 heterocycles. The highest BCUT2D eigenvalue weighted by atomic mass is 16.3. The summed E-state index contributed by atoms with van der Waals surface area (Å²) in [5.74, 6) is 0.371. The number of hydrogen-bond donors (Lipinski definition) is 2. The molecular weight excluding hydrogens is 178 g/mol. The van der Waals surface area contributed by atoms with Crippen LogP contribution < -0.4 is 5.32 Å². The van der Waals surface area contributed by atoms with Crippen molar-refractivity contribution >= 4 is 5.91 Å². The molecule has 2 N–H and O–H groups in total. The summed E-state index contributed by atoms with van der Waals surface area (Å²) in [5.41, 5.74) is 1.68. The van der Waals surface area contributed by atoms with E-state index in [1.54, 1.807) is 0 Å². The van der Waals surface area contributed by atoms with E-state index in [4.69, 9.17) is 0 Å². The first kappa shape index (κ1) is 9.06. The number of carbonyl (C=O) groups excluding carboxylic acids is 1. The fourth-order valence-electron chi connectivity index (χ4n) is 1.81. The number of phenolic OH excluding ortho intramolecular Hbond substituents is 1. The van der Waals surface area contributed by atoms with Gasteiger partial charge in [-0.15, -0.1) is 0 Å². The molecule has 1 aliphatic heterocycles. The summed E-state index contributed by atoms with van der Waals surface area (Å²) in [7, 11) is 0. The number of phenols is 1. The number of nitrogens with one attached hydrogen (secondary N) is 1. The minimum Gasteiger partial charge on any atom is -0.507 e. The first-order valence-electron chi connectivity index (χ1n) is 4.76. The molecule has 1 aliphatic rings. The molecule has 1 saturated heterocycles. The molecule has 74 valence electrons. The number of aromatic hydroxyl groups is 1. The van der Waals surface area contributed by atoms with E-state index in [9.17, 15) is 9.90 Å². The van der Waals surface area contributed by atoms with Crippen molar-refractivity contribution in [3.05, 3.63) is 29.3 Å². The molecule has 1 amide bonds. The van der Waals surface area contributed by atoms with Crippen LogP contribution in [0.3, 0.4) is 0 Å². The van der Waals surface area contributed by atoms with E-state index in [2.05, 4.69) is 5.32 Å². The van der Waals surface area contributed by atoms with Gasteiger partial charge < -0.3 is 10.4 Å². The van der Waals surface area contributed by atoms with Gasteiger partial charge in [-0.1, -0.05) is 18.2 Å². The van der Waals surface area contributed by atoms with Crippen molar-refractivity contribution < 1.29 is 9.90 Å². The van der Waals surface area contributed by atoms with Gasteiger partial charge in [0.1, 0.15) is 5.75 Å². The minimum absolute atomic E-state index is 0.0117. The predicted octanol–water partition coefficient (Wildman–Crippen LogP) is 1.65. The Balaban J connectivity index is 2.32. The summed E-state index contributed by atoms with van der Waals surface area (Å²) in [4.78, 5) is 11.0. The fraction of sp³-hybridized carbons (Fsp3) is 0.364. The number of para-hydroxylation sites is 1. The van der Waals surface area contributed by atoms with Crippen LogP contribution >= 0.6 is 0 Å². The standard InChI is InChI=1S/C11H13NO2/c1-7-3-2-4-8(11(7)14)9-5-6-10(13)12-9/h2-4,9,14H,5-6H2,1H3,(H,12,13)/t9-/m0/s1. The molecule has 2 rings (SSSR count). The number of aryl methyl sites for hydroxylation is 1. The van der Waals surface area contributed by atoms with Crippen molar-refractivity contribution in [1.29, 1.82) is 0 Å². The SMILES string of the molecule is Cc1cccc([C@@H]2CCC(=O)N2)c1O. The number of rotatable bonds is 1. The Morgan fingerprint density at radius 3 is 2.93 bits per heavy atom. The summed E-state index contributed by atoms with van der Waals surface area (Å²) in [5, 5.41) is 12.6. The first-order valence-corrected chi connectivity index (χ1v) is 4.76. The molecule has 0 bridgehead atoms. The Morgan fingerprint density at radius 2 is 2.29 bits per heavy atom. The molecule has 1 atom stereocenters. The summed E-state index contributed by atoms with van der Waals surface area (Å²) < 4.78 is 0. The normalized spacial score (nSPS) is 20.9. The molecule has 1 aromatic carbocycles. The molecule has 0 radical (unpaired) electrons. The third-order valence-electron chi connectivity index (χ3n) is 2.64. The van der Waals surface area contributed by atoms with Gasteiger partial charge in [-0.3, -0.25) is 4.79 Å². The van der Waals surface area contributed by atoms with Crippen molar-refractivity contribution in [2.75, 3.05) is 0 Å². The van der Waals surface area contributed by atoms with Gasteiger partial charge in [0.2, 0.25) is 5.91 Å². The molecule has 14 heavy (non-hydrogen) atoms. The maximum Gasteiger partial charge on any atom is 0.220 e. The van der Waals surface area contributed by atoms with Gasteiger partial charge in [0.25, 0.3) is 0 Å². The van der Waals surface area contributed by atoms with E-state index in [0.717, 1.165) is 17.5 Å². The highest BCUT2D eigenvalue weighted by molar-refractivity contribution is 5.79. The third-order valence-corrected chi connectivity index (χ3v) is 2.64. The van der Waals surface area contributed by atoms with Crippen LogP contribution in [0.15, 0.2) is 18.2 Å². The predicted molar refractivity (Wildman–Crippen MR) is 53.0 cm³/mol. The second-order valence-electron chi connectivity index (χ2n) is 3.67. The monoisotopic (exact) mass is 191 g/mol. The highest BCUT2D eigenvalue weighted by Crippen LogP contribution is 2.32. The third kappa shape index (κ3) is 1.45. The van der Waals surface area contributed by atoms with Gasteiger partial charge in [-0.05, 0) is 18.9 Å². The van der Waals surface area contributed by atoms with Crippen molar-refractivity contribution in [2.24, 2.45) is 0 Å². The minimum atomic E-state index is -0.0117. The molecule has 0 aromatic heterocycles. The smallest absolute Gasteiger partial charge is 0.220 e.